The molecule has 4 heteroatoms. The van der Waals surface area contributed by atoms with Gasteiger partial charge in [-0.1, -0.05) is 13.8 Å². The van der Waals surface area contributed by atoms with Crippen LogP contribution in [-0.2, 0) is 18.2 Å². The highest BCUT2D eigenvalue weighted by Crippen LogP contribution is 2.33. The van der Waals surface area contributed by atoms with Gasteiger partial charge in [-0.2, -0.15) is 5.10 Å². The smallest absolute Gasteiger partial charge is 0.0630 e. The van der Waals surface area contributed by atoms with Crippen LogP contribution in [0.3, 0.4) is 0 Å². The first kappa shape index (κ1) is 14.5. The molecule has 2 rings (SSSR count). The second-order valence-electron chi connectivity index (χ2n) is 6.29. The third-order valence-electron chi connectivity index (χ3n) is 3.93. The minimum Gasteiger partial charge on any atom is -0.381 e. The predicted molar refractivity (Wildman–Crippen MR) is 77.1 cm³/mol. The monoisotopic (exact) mass is 265 g/mol. The van der Waals surface area contributed by atoms with Crippen molar-refractivity contribution < 1.29 is 4.74 Å². The van der Waals surface area contributed by atoms with E-state index in [-0.39, 0.29) is 0 Å². The van der Waals surface area contributed by atoms with Crippen molar-refractivity contribution in [2.45, 2.75) is 33.1 Å². The van der Waals surface area contributed by atoms with Gasteiger partial charge in [-0.3, -0.25) is 4.68 Å². The largest absolute Gasteiger partial charge is 0.381 e. The number of hydrogen-bond donors (Lipinski definition) is 1. The predicted octanol–water partition coefficient (Wildman–Crippen LogP) is 2.00. The fourth-order valence-corrected chi connectivity index (χ4v) is 2.79. The number of aromatic nitrogens is 2. The van der Waals surface area contributed by atoms with Crippen molar-refractivity contribution in [3.05, 3.63) is 18.0 Å². The molecule has 1 aliphatic heterocycles. The quantitative estimate of drug-likeness (QED) is 0.855. The maximum Gasteiger partial charge on any atom is 0.0630 e. The Morgan fingerprint density at radius 3 is 2.74 bits per heavy atom. The minimum atomic E-state index is 0.321. The zero-order valence-corrected chi connectivity index (χ0v) is 12.5. The Balaban J connectivity index is 1.97. The van der Waals surface area contributed by atoms with Crippen LogP contribution in [0, 0.1) is 11.3 Å². The van der Waals surface area contributed by atoms with E-state index in [4.69, 9.17) is 4.74 Å². The van der Waals surface area contributed by atoms with E-state index in [1.54, 1.807) is 0 Å². The van der Waals surface area contributed by atoms with E-state index < -0.39 is 0 Å². The fraction of sp³-hybridized carbons (Fsp3) is 0.800. The SMILES string of the molecule is CC(C)CNCC1(Cc2ccn(C)n2)CCOCC1. The summed E-state index contributed by atoms with van der Waals surface area (Å²) in [5.41, 5.74) is 1.53. The summed E-state index contributed by atoms with van der Waals surface area (Å²) in [4.78, 5) is 0. The fourth-order valence-electron chi connectivity index (χ4n) is 2.79. The number of aryl methyl sites for hydroxylation is 1. The molecule has 0 unspecified atom stereocenters. The number of hydrogen-bond acceptors (Lipinski definition) is 3. The maximum atomic E-state index is 5.54. The van der Waals surface area contributed by atoms with Crippen LogP contribution in [0.2, 0.25) is 0 Å². The molecule has 4 nitrogen and oxygen atoms in total. The lowest BCUT2D eigenvalue weighted by molar-refractivity contribution is 0.0142. The van der Waals surface area contributed by atoms with Gasteiger partial charge in [-0.05, 0) is 43.2 Å². The zero-order chi connectivity index (χ0) is 13.7. The van der Waals surface area contributed by atoms with Gasteiger partial charge in [0.05, 0.1) is 5.69 Å². The average Bonchev–Trinajstić information content (AvgIpc) is 2.75. The normalized spacial score (nSPS) is 18.9. The van der Waals surface area contributed by atoms with Crippen molar-refractivity contribution in [3.63, 3.8) is 0 Å². The van der Waals surface area contributed by atoms with Crippen molar-refractivity contribution in [3.8, 4) is 0 Å². The van der Waals surface area contributed by atoms with Crippen LogP contribution < -0.4 is 5.32 Å². The van der Waals surface area contributed by atoms with Crippen molar-refractivity contribution >= 4 is 0 Å². The molecule has 1 fully saturated rings. The molecule has 0 amide bonds. The van der Waals surface area contributed by atoms with Crippen molar-refractivity contribution in [2.75, 3.05) is 26.3 Å². The molecule has 108 valence electrons. The Morgan fingerprint density at radius 2 is 2.16 bits per heavy atom. The molecule has 0 radical (unpaired) electrons. The van der Waals surface area contributed by atoms with E-state index in [0.29, 0.717) is 11.3 Å². The van der Waals surface area contributed by atoms with Crippen LogP contribution in [0.1, 0.15) is 32.4 Å². The van der Waals surface area contributed by atoms with Gasteiger partial charge in [0.15, 0.2) is 0 Å². The van der Waals surface area contributed by atoms with Crippen LogP contribution in [-0.4, -0.2) is 36.1 Å². The van der Waals surface area contributed by atoms with Gasteiger partial charge in [0.2, 0.25) is 0 Å². The van der Waals surface area contributed by atoms with Gasteiger partial charge in [-0.15, -0.1) is 0 Å². The molecule has 1 aromatic rings. The molecule has 0 aromatic carbocycles. The molecule has 0 bridgehead atoms. The van der Waals surface area contributed by atoms with Crippen LogP contribution in [0.25, 0.3) is 0 Å². The lowest BCUT2D eigenvalue weighted by atomic mass is 9.76. The molecule has 1 saturated heterocycles. The lowest BCUT2D eigenvalue weighted by Gasteiger charge is -2.37. The summed E-state index contributed by atoms with van der Waals surface area (Å²) in [5.74, 6) is 0.701. The van der Waals surface area contributed by atoms with Gasteiger partial charge in [0.1, 0.15) is 0 Å². The first-order chi connectivity index (χ1) is 9.10. The van der Waals surface area contributed by atoms with Crippen LogP contribution >= 0.6 is 0 Å². The standard InChI is InChI=1S/C15H27N3O/c1-13(2)11-16-12-15(5-8-19-9-6-15)10-14-4-7-18(3)17-14/h4,7,13,16H,5-6,8-12H2,1-3H3. The van der Waals surface area contributed by atoms with Gasteiger partial charge >= 0.3 is 0 Å². The van der Waals surface area contributed by atoms with E-state index in [1.807, 2.05) is 17.9 Å². The molecule has 0 saturated carbocycles. The summed E-state index contributed by atoms with van der Waals surface area (Å²) >= 11 is 0. The number of rotatable bonds is 6. The summed E-state index contributed by atoms with van der Waals surface area (Å²) in [7, 11) is 1.98. The summed E-state index contributed by atoms with van der Waals surface area (Å²) < 4.78 is 7.43. The molecule has 1 aromatic heterocycles. The second-order valence-corrected chi connectivity index (χ2v) is 6.29. The number of ether oxygens (including phenoxy) is 1. The molecular formula is C15H27N3O. The summed E-state index contributed by atoms with van der Waals surface area (Å²) in [5, 5.41) is 8.17. The zero-order valence-electron chi connectivity index (χ0n) is 12.5. The third kappa shape index (κ3) is 4.32. The van der Waals surface area contributed by atoms with Gasteiger partial charge in [0, 0.05) is 33.0 Å². The molecule has 0 spiro atoms. The van der Waals surface area contributed by atoms with Crippen molar-refractivity contribution in [2.24, 2.45) is 18.4 Å². The van der Waals surface area contributed by atoms with Crippen molar-refractivity contribution in [1.29, 1.82) is 0 Å². The highest BCUT2D eigenvalue weighted by atomic mass is 16.5. The summed E-state index contributed by atoms with van der Waals surface area (Å²) in [6.45, 7) is 8.44. The second kappa shape index (κ2) is 6.53. The molecule has 1 N–H and O–H groups in total. The molecule has 2 heterocycles. The molecule has 0 atom stereocenters. The molecule has 19 heavy (non-hydrogen) atoms. The van der Waals surface area contributed by atoms with E-state index >= 15 is 0 Å². The topological polar surface area (TPSA) is 39.1 Å². The Morgan fingerprint density at radius 1 is 1.42 bits per heavy atom. The van der Waals surface area contributed by atoms with E-state index in [2.05, 4.69) is 30.3 Å². The van der Waals surface area contributed by atoms with Crippen molar-refractivity contribution in [1.82, 2.24) is 15.1 Å². The van der Waals surface area contributed by atoms with Gasteiger partial charge in [0.25, 0.3) is 0 Å². The third-order valence-corrected chi connectivity index (χ3v) is 3.93. The highest BCUT2D eigenvalue weighted by molar-refractivity contribution is 5.04. The molecule has 0 aliphatic carbocycles. The van der Waals surface area contributed by atoms with Crippen LogP contribution in [0.5, 0.6) is 0 Å². The van der Waals surface area contributed by atoms with E-state index in [1.165, 1.54) is 5.69 Å². The van der Waals surface area contributed by atoms with Crippen LogP contribution in [0.4, 0.5) is 0 Å². The molecule has 1 aliphatic rings. The first-order valence-electron chi connectivity index (χ1n) is 7.37. The Bertz CT molecular complexity index is 380. The van der Waals surface area contributed by atoms with Gasteiger partial charge in [-0.25, -0.2) is 0 Å². The summed E-state index contributed by atoms with van der Waals surface area (Å²) in [6, 6.07) is 2.14. The average molecular weight is 265 g/mol. The Labute approximate surface area is 116 Å². The van der Waals surface area contributed by atoms with Crippen LogP contribution in [0.15, 0.2) is 12.3 Å². The number of nitrogens with one attached hydrogen (secondary N) is 1. The Hall–Kier alpha value is -0.870. The maximum absolute atomic E-state index is 5.54. The Kier molecular flexibility index (Phi) is 4.99. The molecular weight excluding hydrogens is 238 g/mol. The minimum absolute atomic E-state index is 0.321. The first-order valence-corrected chi connectivity index (χ1v) is 7.37. The van der Waals surface area contributed by atoms with E-state index in [9.17, 15) is 0 Å². The lowest BCUT2D eigenvalue weighted by Crippen LogP contribution is -2.41. The number of nitrogens with zero attached hydrogens (tertiary/aromatic N) is 2. The highest BCUT2D eigenvalue weighted by Gasteiger charge is 2.33. The summed E-state index contributed by atoms with van der Waals surface area (Å²) in [6.07, 6.45) is 5.36. The van der Waals surface area contributed by atoms with Gasteiger partial charge < -0.3 is 10.1 Å². The van der Waals surface area contributed by atoms with E-state index in [0.717, 1.165) is 45.6 Å².